The number of pyridine rings is 1. The SMILES string of the molecule is CC(C)(C)n1cc(-c2ccnc(NCCCNS(=O)(=O)c3ccc(Cl)cc3)c2)c(-c2cccc(O)c2)n1. The molecule has 0 bridgehead atoms. The van der Waals surface area contributed by atoms with Crippen LogP contribution in [-0.2, 0) is 15.6 Å². The van der Waals surface area contributed by atoms with Crippen molar-refractivity contribution in [2.45, 2.75) is 37.6 Å². The normalized spacial score (nSPS) is 12.0. The van der Waals surface area contributed by atoms with Crippen molar-refractivity contribution in [3.63, 3.8) is 0 Å². The molecule has 0 saturated carbocycles. The Labute approximate surface area is 222 Å². The van der Waals surface area contributed by atoms with Crippen LogP contribution in [0.15, 0.2) is 78.0 Å². The van der Waals surface area contributed by atoms with Gasteiger partial charge >= 0.3 is 0 Å². The topological polar surface area (TPSA) is 109 Å². The number of aromatic nitrogens is 3. The summed E-state index contributed by atoms with van der Waals surface area (Å²) in [5.41, 5.74) is 3.20. The van der Waals surface area contributed by atoms with Gasteiger partial charge in [-0.15, -0.1) is 0 Å². The lowest BCUT2D eigenvalue weighted by Crippen LogP contribution is -2.26. The van der Waals surface area contributed by atoms with Crippen LogP contribution in [0.3, 0.4) is 0 Å². The van der Waals surface area contributed by atoms with Crippen molar-refractivity contribution in [1.82, 2.24) is 19.5 Å². The van der Waals surface area contributed by atoms with Gasteiger partial charge in [-0.2, -0.15) is 5.10 Å². The van der Waals surface area contributed by atoms with E-state index in [1.165, 1.54) is 12.1 Å². The molecule has 194 valence electrons. The summed E-state index contributed by atoms with van der Waals surface area (Å²) in [6.07, 6.45) is 4.29. The van der Waals surface area contributed by atoms with Gasteiger partial charge in [0.2, 0.25) is 10.0 Å². The minimum absolute atomic E-state index is 0.178. The Bertz CT molecular complexity index is 1480. The minimum Gasteiger partial charge on any atom is -0.508 e. The average Bonchev–Trinajstić information content (AvgIpc) is 3.31. The molecule has 3 N–H and O–H groups in total. The van der Waals surface area contributed by atoms with Gasteiger partial charge in [0, 0.05) is 41.6 Å². The number of hydrogen-bond donors (Lipinski definition) is 3. The molecular weight excluding hydrogens is 510 g/mol. The number of phenols is 1. The van der Waals surface area contributed by atoms with Gasteiger partial charge in [0.05, 0.1) is 10.4 Å². The molecule has 0 amide bonds. The Morgan fingerprint density at radius 1 is 1.00 bits per heavy atom. The van der Waals surface area contributed by atoms with Gasteiger partial charge in [-0.3, -0.25) is 4.68 Å². The van der Waals surface area contributed by atoms with Crippen LogP contribution in [0.1, 0.15) is 27.2 Å². The van der Waals surface area contributed by atoms with E-state index in [0.29, 0.717) is 23.8 Å². The molecule has 0 aliphatic carbocycles. The fourth-order valence-corrected chi connectivity index (χ4v) is 4.90. The molecule has 0 spiro atoms. The van der Waals surface area contributed by atoms with Gasteiger partial charge in [0.25, 0.3) is 0 Å². The predicted octanol–water partition coefficient (Wildman–Crippen LogP) is 5.51. The number of halogens is 1. The van der Waals surface area contributed by atoms with Crippen molar-refractivity contribution in [2.75, 3.05) is 18.4 Å². The van der Waals surface area contributed by atoms with Crippen molar-refractivity contribution in [3.05, 3.63) is 78.1 Å². The summed E-state index contributed by atoms with van der Waals surface area (Å²) < 4.78 is 29.3. The average molecular weight is 540 g/mol. The molecule has 37 heavy (non-hydrogen) atoms. The molecule has 8 nitrogen and oxygen atoms in total. The van der Waals surface area contributed by atoms with E-state index in [0.717, 1.165) is 22.4 Å². The highest BCUT2D eigenvalue weighted by Gasteiger charge is 2.20. The number of nitrogens with zero attached hydrogens (tertiary/aromatic N) is 3. The summed E-state index contributed by atoms with van der Waals surface area (Å²) in [7, 11) is -3.59. The first-order valence-electron chi connectivity index (χ1n) is 11.9. The molecule has 0 fully saturated rings. The molecule has 4 rings (SSSR count). The van der Waals surface area contributed by atoms with Crippen LogP contribution in [0.4, 0.5) is 5.82 Å². The lowest BCUT2D eigenvalue weighted by Gasteiger charge is -2.18. The molecule has 0 aliphatic rings. The second-order valence-corrected chi connectivity index (χ2v) is 11.8. The number of rotatable bonds is 9. The minimum atomic E-state index is -3.59. The van der Waals surface area contributed by atoms with E-state index in [1.54, 1.807) is 36.5 Å². The van der Waals surface area contributed by atoms with Gasteiger partial charge in [-0.05, 0) is 81.3 Å². The lowest BCUT2D eigenvalue weighted by molar-refractivity contribution is 0.356. The highest BCUT2D eigenvalue weighted by atomic mass is 35.5. The number of phenolic OH excluding ortho intramolecular Hbond substituents is 1. The van der Waals surface area contributed by atoms with E-state index in [2.05, 4.69) is 35.8 Å². The summed E-state index contributed by atoms with van der Waals surface area (Å²) in [5, 5.41) is 18.6. The molecule has 4 aromatic rings. The van der Waals surface area contributed by atoms with E-state index in [4.69, 9.17) is 16.7 Å². The molecule has 2 heterocycles. The first-order valence-corrected chi connectivity index (χ1v) is 13.7. The van der Waals surface area contributed by atoms with E-state index in [-0.39, 0.29) is 22.7 Å². The third-order valence-electron chi connectivity index (χ3n) is 5.67. The van der Waals surface area contributed by atoms with Crippen molar-refractivity contribution >= 4 is 27.4 Å². The first-order chi connectivity index (χ1) is 17.5. The largest absolute Gasteiger partial charge is 0.508 e. The molecule has 0 saturated heterocycles. The monoisotopic (exact) mass is 539 g/mol. The van der Waals surface area contributed by atoms with E-state index < -0.39 is 10.0 Å². The zero-order chi connectivity index (χ0) is 26.6. The highest BCUT2D eigenvalue weighted by Crippen LogP contribution is 2.34. The Balaban J connectivity index is 1.45. The Kier molecular flexibility index (Phi) is 7.87. The first kappa shape index (κ1) is 26.7. The van der Waals surface area contributed by atoms with E-state index in [1.807, 2.05) is 29.1 Å². The number of hydrogen-bond acceptors (Lipinski definition) is 6. The van der Waals surface area contributed by atoms with Crippen molar-refractivity contribution in [1.29, 1.82) is 0 Å². The maximum atomic E-state index is 12.4. The van der Waals surface area contributed by atoms with Crippen molar-refractivity contribution < 1.29 is 13.5 Å². The molecule has 0 radical (unpaired) electrons. The highest BCUT2D eigenvalue weighted by molar-refractivity contribution is 7.89. The summed E-state index contributed by atoms with van der Waals surface area (Å²) in [6, 6.07) is 17.0. The zero-order valence-electron chi connectivity index (χ0n) is 20.9. The van der Waals surface area contributed by atoms with Crippen LogP contribution < -0.4 is 10.0 Å². The Morgan fingerprint density at radius 2 is 1.76 bits per heavy atom. The van der Waals surface area contributed by atoms with Gasteiger partial charge in [-0.1, -0.05) is 23.7 Å². The standard InChI is InChI=1S/C27H30ClN5O3S/c1-27(2,3)33-18-24(26(32-33)20-6-4-7-22(34)16-20)19-12-15-30-25(17-19)29-13-5-14-31-37(35,36)23-10-8-21(28)9-11-23/h4,6-12,15-18,31,34H,5,13-14H2,1-3H3,(H,29,30). The fourth-order valence-electron chi connectivity index (χ4n) is 3.70. The second-order valence-electron chi connectivity index (χ2n) is 9.62. The predicted molar refractivity (Wildman–Crippen MR) is 147 cm³/mol. The summed E-state index contributed by atoms with van der Waals surface area (Å²) in [4.78, 5) is 4.59. The summed E-state index contributed by atoms with van der Waals surface area (Å²) in [6.45, 7) is 7.04. The molecule has 2 aromatic heterocycles. The number of aromatic hydroxyl groups is 1. The van der Waals surface area contributed by atoms with Crippen LogP contribution in [-0.4, -0.2) is 41.4 Å². The third kappa shape index (κ3) is 6.68. The molecule has 0 aliphatic heterocycles. The van der Waals surface area contributed by atoms with Crippen LogP contribution in [0.5, 0.6) is 5.75 Å². The van der Waals surface area contributed by atoms with Crippen LogP contribution in [0, 0.1) is 0 Å². The molecule has 0 unspecified atom stereocenters. The molecule has 10 heteroatoms. The summed E-state index contributed by atoms with van der Waals surface area (Å²) >= 11 is 5.84. The second kappa shape index (κ2) is 10.9. The van der Waals surface area contributed by atoms with Crippen LogP contribution in [0.25, 0.3) is 22.4 Å². The lowest BCUT2D eigenvalue weighted by atomic mass is 10.0. The number of benzene rings is 2. The van der Waals surface area contributed by atoms with Gasteiger partial charge < -0.3 is 10.4 Å². The van der Waals surface area contributed by atoms with E-state index >= 15 is 0 Å². The van der Waals surface area contributed by atoms with Crippen LogP contribution in [0.2, 0.25) is 5.02 Å². The third-order valence-corrected chi connectivity index (χ3v) is 7.40. The van der Waals surface area contributed by atoms with Gasteiger partial charge in [-0.25, -0.2) is 18.1 Å². The zero-order valence-corrected chi connectivity index (χ0v) is 22.5. The fraction of sp³-hybridized carbons (Fsp3) is 0.259. The molecule has 2 aromatic carbocycles. The van der Waals surface area contributed by atoms with Crippen LogP contribution >= 0.6 is 11.6 Å². The Hall–Kier alpha value is -3.40. The van der Waals surface area contributed by atoms with E-state index in [9.17, 15) is 13.5 Å². The van der Waals surface area contributed by atoms with Gasteiger partial charge in [0.1, 0.15) is 17.3 Å². The molecule has 0 atom stereocenters. The van der Waals surface area contributed by atoms with Gasteiger partial charge in [0.15, 0.2) is 0 Å². The summed E-state index contributed by atoms with van der Waals surface area (Å²) in [5.74, 6) is 0.848. The van der Waals surface area contributed by atoms with Crippen molar-refractivity contribution in [3.8, 4) is 28.1 Å². The smallest absolute Gasteiger partial charge is 0.240 e. The maximum absolute atomic E-state index is 12.4. The number of anilines is 1. The number of sulfonamides is 1. The maximum Gasteiger partial charge on any atom is 0.240 e. The van der Waals surface area contributed by atoms with Crippen molar-refractivity contribution in [2.24, 2.45) is 0 Å². The number of nitrogens with one attached hydrogen (secondary N) is 2. The quantitative estimate of drug-likeness (QED) is 0.242. The Morgan fingerprint density at radius 3 is 2.46 bits per heavy atom. The molecular formula is C27H30ClN5O3S.